The van der Waals surface area contributed by atoms with Crippen molar-refractivity contribution in [1.82, 2.24) is 15.3 Å². The van der Waals surface area contributed by atoms with Gasteiger partial charge in [0.05, 0.1) is 6.04 Å². The highest BCUT2D eigenvalue weighted by Crippen LogP contribution is 2.23. The molecule has 3 rings (SSSR count). The minimum atomic E-state index is -0.498. The zero-order valence-corrected chi connectivity index (χ0v) is 15.3. The van der Waals surface area contributed by atoms with Gasteiger partial charge in [-0.1, -0.05) is 12.1 Å². The molecule has 1 amide bonds. The number of carbonyl (C=O) groups excluding carboxylic acids is 1. The van der Waals surface area contributed by atoms with Crippen molar-refractivity contribution < 1.29 is 9.18 Å². The van der Waals surface area contributed by atoms with Crippen LogP contribution in [-0.4, -0.2) is 15.9 Å². The Bertz CT molecular complexity index is 1030. The van der Waals surface area contributed by atoms with Crippen LogP contribution in [-0.2, 0) is 4.79 Å². The van der Waals surface area contributed by atoms with Crippen molar-refractivity contribution in [3.8, 4) is 6.07 Å². The monoisotopic (exact) mass is 412 g/mol. The molecule has 5 nitrogen and oxygen atoms in total. The smallest absolute Gasteiger partial charge is 0.262 e. The van der Waals surface area contributed by atoms with Gasteiger partial charge in [0.25, 0.3) is 5.91 Å². The average Bonchev–Trinajstić information content (AvgIpc) is 3.01. The van der Waals surface area contributed by atoms with Crippen LogP contribution >= 0.6 is 15.9 Å². The predicted octanol–water partition coefficient (Wildman–Crippen LogP) is 4.25. The van der Waals surface area contributed by atoms with Gasteiger partial charge in [-0.3, -0.25) is 4.79 Å². The van der Waals surface area contributed by atoms with E-state index in [1.54, 1.807) is 31.5 Å². The number of hydrogen-bond acceptors (Lipinski definition) is 3. The quantitative estimate of drug-likeness (QED) is 0.496. The molecule has 0 aliphatic rings. The van der Waals surface area contributed by atoms with Crippen LogP contribution in [0.15, 0.2) is 52.8 Å². The number of halogens is 2. The summed E-state index contributed by atoms with van der Waals surface area (Å²) in [5.74, 6) is -0.842. The fourth-order valence-corrected chi connectivity index (χ4v) is 2.86. The normalized spacial score (nSPS) is 12.6. The van der Waals surface area contributed by atoms with Crippen molar-refractivity contribution in [2.45, 2.75) is 13.0 Å². The number of pyridine rings is 1. The summed E-state index contributed by atoms with van der Waals surface area (Å²) in [5.41, 5.74) is 2.07. The van der Waals surface area contributed by atoms with E-state index in [9.17, 15) is 14.4 Å². The van der Waals surface area contributed by atoms with E-state index >= 15 is 0 Å². The largest absolute Gasteiger partial charge is 0.346 e. The first kappa shape index (κ1) is 17.8. The molecular weight excluding hydrogens is 399 g/mol. The first-order valence-electron chi connectivity index (χ1n) is 7.78. The number of amides is 1. The topological polar surface area (TPSA) is 81.6 Å². The second-order valence-electron chi connectivity index (χ2n) is 5.71. The zero-order valence-electron chi connectivity index (χ0n) is 13.8. The molecule has 2 N–H and O–H groups in total. The average molecular weight is 413 g/mol. The molecule has 0 aliphatic carbocycles. The summed E-state index contributed by atoms with van der Waals surface area (Å²) in [6.45, 7) is 1.77. The fraction of sp³-hybridized carbons (Fsp3) is 0.105. The molecule has 0 radical (unpaired) electrons. The van der Waals surface area contributed by atoms with Crippen LogP contribution in [0.3, 0.4) is 0 Å². The van der Waals surface area contributed by atoms with Gasteiger partial charge in [-0.25, -0.2) is 9.37 Å². The number of H-pyrrole nitrogens is 1. The molecule has 0 unspecified atom stereocenters. The van der Waals surface area contributed by atoms with Crippen LogP contribution in [0.2, 0.25) is 0 Å². The summed E-state index contributed by atoms with van der Waals surface area (Å²) in [7, 11) is 0. The lowest BCUT2D eigenvalue weighted by molar-refractivity contribution is -0.117. The Kier molecular flexibility index (Phi) is 5.14. The number of nitrogens with zero attached hydrogens (tertiary/aromatic N) is 2. The molecule has 130 valence electrons. The van der Waals surface area contributed by atoms with Crippen LogP contribution in [0.25, 0.3) is 17.1 Å². The Morgan fingerprint density at radius 2 is 2.15 bits per heavy atom. The molecule has 0 spiro atoms. The van der Waals surface area contributed by atoms with Gasteiger partial charge in [-0.05, 0) is 52.7 Å². The lowest BCUT2D eigenvalue weighted by atomic mass is 10.1. The summed E-state index contributed by atoms with van der Waals surface area (Å²) in [4.78, 5) is 19.7. The summed E-state index contributed by atoms with van der Waals surface area (Å²) in [6, 6.07) is 9.28. The molecule has 2 aromatic heterocycles. The van der Waals surface area contributed by atoms with Gasteiger partial charge < -0.3 is 10.3 Å². The summed E-state index contributed by atoms with van der Waals surface area (Å²) in [6.07, 6.45) is 4.87. The van der Waals surface area contributed by atoms with Crippen LogP contribution in [0.1, 0.15) is 24.1 Å². The maximum absolute atomic E-state index is 13.0. The van der Waals surface area contributed by atoms with E-state index in [2.05, 4.69) is 31.2 Å². The highest BCUT2D eigenvalue weighted by atomic mass is 79.9. The van der Waals surface area contributed by atoms with Gasteiger partial charge in [0.15, 0.2) is 0 Å². The highest BCUT2D eigenvalue weighted by Gasteiger charge is 2.15. The van der Waals surface area contributed by atoms with Gasteiger partial charge in [0, 0.05) is 27.8 Å². The fourth-order valence-electron chi connectivity index (χ4n) is 2.53. The van der Waals surface area contributed by atoms with Crippen LogP contribution in [0.5, 0.6) is 0 Å². The Morgan fingerprint density at radius 3 is 2.85 bits per heavy atom. The van der Waals surface area contributed by atoms with Gasteiger partial charge in [0.1, 0.15) is 23.1 Å². The third-order valence-electron chi connectivity index (χ3n) is 3.91. The molecule has 1 atom stereocenters. The molecule has 0 saturated heterocycles. The molecule has 3 aromatic rings. The number of benzene rings is 1. The zero-order chi connectivity index (χ0) is 18.7. The lowest BCUT2D eigenvalue weighted by Crippen LogP contribution is -2.27. The molecule has 1 aromatic carbocycles. The Morgan fingerprint density at radius 1 is 1.42 bits per heavy atom. The van der Waals surface area contributed by atoms with Crippen molar-refractivity contribution in [3.05, 3.63) is 69.7 Å². The van der Waals surface area contributed by atoms with E-state index < -0.39 is 5.91 Å². The third-order valence-corrected chi connectivity index (χ3v) is 4.35. The molecule has 7 heteroatoms. The van der Waals surface area contributed by atoms with E-state index in [-0.39, 0.29) is 17.4 Å². The summed E-state index contributed by atoms with van der Waals surface area (Å²) < 4.78 is 13.8. The summed E-state index contributed by atoms with van der Waals surface area (Å²) >= 11 is 3.36. The predicted molar refractivity (Wildman–Crippen MR) is 100 cm³/mol. The number of hydrogen-bond donors (Lipinski definition) is 2. The number of rotatable bonds is 4. The number of nitriles is 1. The number of aromatic amines is 1. The SMILES string of the molecule is C[C@@H](NC(=O)/C(C#N)=C/c1c[nH]c2ncc(Br)cc12)c1ccc(F)cc1. The van der Waals surface area contributed by atoms with Crippen LogP contribution in [0.4, 0.5) is 4.39 Å². The molecule has 0 saturated carbocycles. The number of carbonyl (C=O) groups is 1. The minimum Gasteiger partial charge on any atom is -0.346 e. The van der Waals surface area contributed by atoms with Crippen molar-refractivity contribution in [3.63, 3.8) is 0 Å². The lowest BCUT2D eigenvalue weighted by Gasteiger charge is -2.13. The first-order valence-corrected chi connectivity index (χ1v) is 8.58. The van der Waals surface area contributed by atoms with Gasteiger partial charge in [0.2, 0.25) is 0 Å². The Hall–Kier alpha value is -2.98. The van der Waals surface area contributed by atoms with Gasteiger partial charge >= 0.3 is 0 Å². The summed E-state index contributed by atoms with van der Waals surface area (Å²) in [5, 5.41) is 12.9. The number of fused-ring (bicyclic) bond motifs is 1. The maximum Gasteiger partial charge on any atom is 0.262 e. The number of nitrogens with one attached hydrogen (secondary N) is 2. The van der Waals surface area contributed by atoms with Crippen molar-refractivity contribution in [2.24, 2.45) is 0 Å². The van der Waals surface area contributed by atoms with Crippen molar-refractivity contribution >= 4 is 38.9 Å². The van der Waals surface area contributed by atoms with Crippen molar-refractivity contribution in [1.29, 1.82) is 5.26 Å². The minimum absolute atomic E-state index is 0.0279. The van der Waals surface area contributed by atoms with Crippen molar-refractivity contribution in [2.75, 3.05) is 0 Å². The van der Waals surface area contributed by atoms with Crippen LogP contribution < -0.4 is 5.32 Å². The van der Waals surface area contributed by atoms with Crippen LogP contribution in [0, 0.1) is 17.1 Å². The molecule has 0 fully saturated rings. The van der Waals surface area contributed by atoms with E-state index in [1.807, 2.05) is 12.1 Å². The Labute approximate surface area is 157 Å². The molecular formula is C19H14BrFN4O. The molecule has 26 heavy (non-hydrogen) atoms. The molecule has 0 aliphatic heterocycles. The standard InChI is InChI=1S/C19H14BrFN4O/c1-11(12-2-4-16(21)5-3-12)25-19(26)13(8-22)6-14-9-23-18-17(14)7-15(20)10-24-18/h2-7,9-11H,1H3,(H,23,24)(H,25,26)/b13-6+/t11-/m1/s1. The highest BCUT2D eigenvalue weighted by molar-refractivity contribution is 9.10. The van der Waals surface area contributed by atoms with E-state index in [1.165, 1.54) is 18.2 Å². The Balaban J connectivity index is 1.84. The molecule has 2 heterocycles. The van der Waals surface area contributed by atoms with Gasteiger partial charge in [-0.2, -0.15) is 5.26 Å². The number of aromatic nitrogens is 2. The first-order chi connectivity index (χ1) is 12.5. The van der Waals surface area contributed by atoms with E-state index in [4.69, 9.17) is 0 Å². The maximum atomic E-state index is 13.0. The second-order valence-corrected chi connectivity index (χ2v) is 6.63. The second kappa shape index (κ2) is 7.50. The van der Waals surface area contributed by atoms with E-state index in [0.29, 0.717) is 11.2 Å². The third kappa shape index (κ3) is 3.81. The van der Waals surface area contributed by atoms with E-state index in [0.717, 1.165) is 15.4 Å². The van der Waals surface area contributed by atoms with Gasteiger partial charge in [-0.15, -0.1) is 0 Å². The molecule has 0 bridgehead atoms.